The molecule has 0 bridgehead atoms. The van der Waals surface area contributed by atoms with Crippen molar-refractivity contribution >= 4 is 15.7 Å². The molecule has 2 heterocycles. The molecule has 5 nitrogen and oxygen atoms in total. The van der Waals surface area contributed by atoms with E-state index in [1.54, 1.807) is 24.1 Å². The van der Waals surface area contributed by atoms with Crippen LogP contribution < -0.4 is 0 Å². The van der Waals surface area contributed by atoms with E-state index < -0.39 is 9.84 Å². The lowest BCUT2D eigenvalue weighted by Gasteiger charge is -2.23. The van der Waals surface area contributed by atoms with Gasteiger partial charge in [-0.1, -0.05) is 0 Å². The van der Waals surface area contributed by atoms with E-state index in [1.807, 2.05) is 26.0 Å². The smallest absolute Gasteiger partial charge is 0.253 e. The van der Waals surface area contributed by atoms with Gasteiger partial charge in [-0.25, -0.2) is 8.42 Å². The molecule has 0 N–H and O–H groups in total. The first-order valence-corrected chi connectivity index (χ1v) is 9.83. The summed E-state index contributed by atoms with van der Waals surface area (Å²) in [7, 11) is -1.32. The molecule has 24 heavy (non-hydrogen) atoms. The van der Waals surface area contributed by atoms with Gasteiger partial charge in [0.25, 0.3) is 5.91 Å². The fourth-order valence-electron chi connectivity index (χ4n) is 3.28. The lowest BCUT2D eigenvalue weighted by atomic mass is 10.1. The quantitative estimate of drug-likeness (QED) is 0.857. The number of aromatic nitrogens is 1. The minimum absolute atomic E-state index is 0.0646. The topological polar surface area (TPSA) is 59.4 Å². The normalized spacial score (nSPS) is 19.4. The van der Waals surface area contributed by atoms with Crippen LogP contribution in [0.5, 0.6) is 0 Å². The zero-order valence-electron chi connectivity index (χ0n) is 14.2. The molecule has 128 valence electrons. The van der Waals surface area contributed by atoms with Crippen LogP contribution in [-0.4, -0.2) is 48.4 Å². The van der Waals surface area contributed by atoms with E-state index in [2.05, 4.69) is 16.7 Å². The van der Waals surface area contributed by atoms with Gasteiger partial charge < -0.3 is 9.47 Å². The van der Waals surface area contributed by atoms with Crippen molar-refractivity contribution in [1.29, 1.82) is 0 Å². The van der Waals surface area contributed by atoms with Crippen LogP contribution in [0.15, 0.2) is 36.4 Å². The summed E-state index contributed by atoms with van der Waals surface area (Å²) in [5, 5.41) is 0. The van der Waals surface area contributed by atoms with E-state index in [-0.39, 0.29) is 23.5 Å². The Bertz CT molecular complexity index is 847. The van der Waals surface area contributed by atoms with Gasteiger partial charge >= 0.3 is 0 Å². The van der Waals surface area contributed by atoms with Gasteiger partial charge in [-0.15, -0.1) is 0 Å². The Morgan fingerprint density at radius 3 is 2.17 bits per heavy atom. The van der Waals surface area contributed by atoms with Crippen LogP contribution in [0.3, 0.4) is 0 Å². The molecule has 3 rings (SSSR count). The minimum atomic E-state index is -3.00. The highest BCUT2D eigenvalue weighted by atomic mass is 32.2. The molecular weight excluding hydrogens is 324 g/mol. The summed E-state index contributed by atoms with van der Waals surface area (Å²) in [4.78, 5) is 14.2. The van der Waals surface area contributed by atoms with Crippen LogP contribution in [-0.2, 0) is 9.84 Å². The van der Waals surface area contributed by atoms with Crippen molar-refractivity contribution in [2.24, 2.45) is 0 Å². The highest BCUT2D eigenvalue weighted by molar-refractivity contribution is 7.91. The van der Waals surface area contributed by atoms with Crippen LogP contribution in [0.1, 0.15) is 28.2 Å². The number of nitrogens with zero attached hydrogens (tertiary/aromatic N) is 2. The molecule has 1 fully saturated rings. The lowest BCUT2D eigenvalue weighted by Crippen LogP contribution is -2.37. The Morgan fingerprint density at radius 2 is 1.67 bits per heavy atom. The van der Waals surface area contributed by atoms with E-state index in [9.17, 15) is 13.2 Å². The zero-order valence-corrected chi connectivity index (χ0v) is 15.0. The van der Waals surface area contributed by atoms with E-state index >= 15 is 0 Å². The second-order valence-electron chi connectivity index (χ2n) is 6.47. The molecule has 1 aliphatic heterocycles. The first kappa shape index (κ1) is 16.8. The van der Waals surface area contributed by atoms with Gasteiger partial charge in [-0.2, -0.15) is 0 Å². The average molecular weight is 346 g/mol. The predicted molar refractivity (Wildman–Crippen MR) is 94.4 cm³/mol. The third-order valence-corrected chi connectivity index (χ3v) is 6.47. The first-order chi connectivity index (χ1) is 11.3. The van der Waals surface area contributed by atoms with Crippen molar-refractivity contribution in [3.8, 4) is 5.69 Å². The van der Waals surface area contributed by atoms with Gasteiger partial charge in [-0.3, -0.25) is 4.79 Å². The Kier molecular flexibility index (Phi) is 4.25. The monoisotopic (exact) mass is 346 g/mol. The van der Waals surface area contributed by atoms with Crippen molar-refractivity contribution < 1.29 is 13.2 Å². The third kappa shape index (κ3) is 3.11. The summed E-state index contributed by atoms with van der Waals surface area (Å²) >= 11 is 0. The summed E-state index contributed by atoms with van der Waals surface area (Å²) < 4.78 is 25.3. The largest absolute Gasteiger partial charge is 0.338 e. The molecule has 6 heteroatoms. The van der Waals surface area contributed by atoms with E-state index in [4.69, 9.17) is 0 Å². The number of hydrogen-bond donors (Lipinski definition) is 0. The molecule has 0 saturated carbocycles. The number of carbonyl (C=O) groups excluding carboxylic acids is 1. The molecule has 1 aliphatic rings. The molecule has 0 aliphatic carbocycles. The van der Waals surface area contributed by atoms with E-state index in [0.29, 0.717) is 12.0 Å². The number of amides is 1. The number of rotatable bonds is 3. The average Bonchev–Trinajstić information content (AvgIpc) is 3.08. The van der Waals surface area contributed by atoms with Crippen LogP contribution >= 0.6 is 0 Å². The third-order valence-electron chi connectivity index (χ3n) is 4.72. The van der Waals surface area contributed by atoms with Crippen molar-refractivity contribution in [2.75, 3.05) is 18.6 Å². The predicted octanol–water partition coefficient (Wildman–Crippen LogP) is 2.35. The van der Waals surface area contributed by atoms with Gasteiger partial charge in [0.2, 0.25) is 0 Å². The second kappa shape index (κ2) is 6.09. The molecule has 1 aromatic heterocycles. The number of aryl methyl sites for hydroxylation is 2. The maximum atomic E-state index is 12.6. The van der Waals surface area contributed by atoms with Gasteiger partial charge in [0.15, 0.2) is 9.84 Å². The maximum Gasteiger partial charge on any atom is 0.253 e. The molecule has 1 amide bonds. The molecule has 1 aromatic carbocycles. The Hall–Kier alpha value is -2.08. The summed E-state index contributed by atoms with van der Waals surface area (Å²) in [6, 6.07) is 11.3. The number of sulfone groups is 1. The number of carbonyl (C=O) groups is 1. The molecule has 1 atom stereocenters. The van der Waals surface area contributed by atoms with Crippen molar-refractivity contribution in [3.63, 3.8) is 0 Å². The molecule has 0 unspecified atom stereocenters. The number of hydrogen-bond acceptors (Lipinski definition) is 3. The fraction of sp³-hybridized carbons (Fsp3) is 0.389. The first-order valence-electron chi connectivity index (χ1n) is 8.01. The molecular formula is C18H22N2O3S. The van der Waals surface area contributed by atoms with Gasteiger partial charge in [-0.05, 0) is 56.7 Å². The highest BCUT2D eigenvalue weighted by Crippen LogP contribution is 2.20. The van der Waals surface area contributed by atoms with Crippen molar-refractivity contribution in [3.05, 3.63) is 53.3 Å². The standard InChI is InChI=1S/C18H22N2O3S/c1-13-4-5-14(2)20(13)16-8-6-15(7-9-16)18(21)19(3)17-10-11-24(22,23)12-17/h4-9,17H,10-12H2,1-3H3/t17-/m0/s1. The molecule has 0 radical (unpaired) electrons. The van der Waals surface area contributed by atoms with Crippen molar-refractivity contribution in [1.82, 2.24) is 9.47 Å². The molecule has 0 spiro atoms. The highest BCUT2D eigenvalue weighted by Gasteiger charge is 2.33. The minimum Gasteiger partial charge on any atom is -0.338 e. The lowest BCUT2D eigenvalue weighted by molar-refractivity contribution is 0.0747. The maximum absolute atomic E-state index is 12.6. The van der Waals surface area contributed by atoms with Crippen LogP contribution in [0.4, 0.5) is 0 Å². The van der Waals surface area contributed by atoms with Crippen LogP contribution in [0.25, 0.3) is 5.69 Å². The van der Waals surface area contributed by atoms with Crippen LogP contribution in [0.2, 0.25) is 0 Å². The second-order valence-corrected chi connectivity index (χ2v) is 8.70. The van der Waals surface area contributed by atoms with Crippen LogP contribution in [0, 0.1) is 13.8 Å². The fourth-order valence-corrected chi connectivity index (χ4v) is 5.05. The summed E-state index contributed by atoms with van der Waals surface area (Å²) in [5.41, 5.74) is 3.87. The SMILES string of the molecule is Cc1ccc(C)n1-c1ccc(C(=O)N(C)[C@H]2CCS(=O)(=O)C2)cc1. The van der Waals surface area contributed by atoms with Gasteiger partial charge in [0.05, 0.1) is 11.5 Å². The summed E-state index contributed by atoms with van der Waals surface area (Å²) in [6.45, 7) is 4.08. The van der Waals surface area contributed by atoms with E-state index in [0.717, 1.165) is 17.1 Å². The Labute approximate surface area is 142 Å². The molecule has 2 aromatic rings. The number of benzene rings is 1. The van der Waals surface area contributed by atoms with Crippen molar-refractivity contribution in [2.45, 2.75) is 26.3 Å². The van der Waals surface area contributed by atoms with E-state index in [1.165, 1.54) is 0 Å². The Balaban J connectivity index is 1.79. The summed E-state index contributed by atoms with van der Waals surface area (Å²) in [6.07, 6.45) is 0.518. The zero-order chi connectivity index (χ0) is 17.5. The van der Waals surface area contributed by atoms with Gasteiger partial charge in [0, 0.05) is 35.7 Å². The molecule has 1 saturated heterocycles. The summed E-state index contributed by atoms with van der Waals surface area (Å²) in [5.74, 6) is 0.0970. The Morgan fingerprint density at radius 1 is 1.08 bits per heavy atom. The van der Waals surface area contributed by atoms with Gasteiger partial charge in [0.1, 0.15) is 0 Å².